The number of nitrogens with one attached hydrogen (secondary N) is 1. The summed E-state index contributed by atoms with van der Waals surface area (Å²) in [6.45, 7) is 2.15. The molecule has 2 aromatic rings. The molecule has 6 heteroatoms. The molecule has 0 saturated carbocycles. The number of carbonyl (C=O) groups excluding carboxylic acids is 1. The van der Waals surface area contributed by atoms with Gasteiger partial charge in [-0.05, 0) is 43.5 Å². The highest BCUT2D eigenvalue weighted by molar-refractivity contribution is 6.07. The number of amides is 1. The molecule has 0 bridgehead atoms. The Morgan fingerprint density at radius 2 is 2.00 bits per heavy atom. The van der Waals surface area contributed by atoms with Gasteiger partial charge in [-0.15, -0.1) is 0 Å². The number of aryl methyl sites for hydroxylation is 1. The molecule has 27 heavy (non-hydrogen) atoms. The van der Waals surface area contributed by atoms with Crippen molar-refractivity contribution < 1.29 is 18.8 Å². The standard InChI is InChI=1S/C21H23FN2O3/c1-21(14-18(24-27-21)16-10-4-6-12-19(16)26-2)20(25)23-13-7-9-15-8-3-5-11-17(15)22/h3-6,8,10-12H,7,9,13-14H2,1-2H3,(H,23,25)/t21-/m0/s1. The zero-order valence-electron chi connectivity index (χ0n) is 15.5. The molecule has 1 aliphatic rings. The number of nitrogens with zero attached hydrogens (tertiary/aromatic N) is 1. The monoisotopic (exact) mass is 370 g/mol. The summed E-state index contributed by atoms with van der Waals surface area (Å²) in [5, 5.41) is 6.97. The lowest BCUT2D eigenvalue weighted by atomic mass is 9.94. The zero-order chi connectivity index (χ0) is 19.3. The van der Waals surface area contributed by atoms with Gasteiger partial charge in [0.05, 0.1) is 12.8 Å². The lowest BCUT2D eigenvalue weighted by Gasteiger charge is -2.20. The van der Waals surface area contributed by atoms with Crippen LogP contribution in [0.4, 0.5) is 4.39 Å². The normalized spacial score (nSPS) is 18.6. The van der Waals surface area contributed by atoms with Crippen molar-refractivity contribution in [3.8, 4) is 5.75 Å². The minimum atomic E-state index is -1.06. The van der Waals surface area contributed by atoms with Crippen molar-refractivity contribution in [2.45, 2.75) is 31.8 Å². The Labute approximate surface area is 158 Å². The molecule has 0 aromatic heterocycles. The van der Waals surface area contributed by atoms with Crippen LogP contribution < -0.4 is 10.1 Å². The first kappa shape index (κ1) is 18.9. The van der Waals surface area contributed by atoms with Crippen LogP contribution >= 0.6 is 0 Å². The van der Waals surface area contributed by atoms with Crippen LogP contribution in [0.2, 0.25) is 0 Å². The second kappa shape index (κ2) is 8.20. The van der Waals surface area contributed by atoms with E-state index in [1.807, 2.05) is 24.3 Å². The maximum atomic E-state index is 13.6. The molecule has 1 heterocycles. The fourth-order valence-corrected chi connectivity index (χ4v) is 3.06. The number of rotatable bonds is 7. The Morgan fingerprint density at radius 1 is 1.26 bits per heavy atom. The molecular formula is C21H23FN2O3. The molecule has 0 radical (unpaired) electrons. The second-order valence-electron chi connectivity index (χ2n) is 6.69. The van der Waals surface area contributed by atoms with E-state index in [1.54, 1.807) is 32.2 Å². The van der Waals surface area contributed by atoms with Crippen LogP contribution in [0.15, 0.2) is 53.7 Å². The summed E-state index contributed by atoms with van der Waals surface area (Å²) in [6.07, 6.45) is 1.56. The molecule has 0 unspecified atom stereocenters. The van der Waals surface area contributed by atoms with Gasteiger partial charge >= 0.3 is 0 Å². The van der Waals surface area contributed by atoms with Gasteiger partial charge in [0.25, 0.3) is 5.91 Å². The van der Waals surface area contributed by atoms with E-state index in [1.165, 1.54) is 6.07 Å². The summed E-state index contributed by atoms with van der Waals surface area (Å²) < 4.78 is 19.0. The predicted molar refractivity (Wildman–Crippen MR) is 101 cm³/mol. The lowest BCUT2D eigenvalue weighted by molar-refractivity contribution is -0.141. The van der Waals surface area contributed by atoms with E-state index in [-0.39, 0.29) is 11.7 Å². The highest BCUT2D eigenvalue weighted by Crippen LogP contribution is 2.30. The fourth-order valence-electron chi connectivity index (χ4n) is 3.06. The number of para-hydroxylation sites is 1. The highest BCUT2D eigenvalue weighted by atomic mass is 19.1. The Bertz CT molecular complexity index is 853. The van der Waals surface area contributed by atoms with E-state index in [0.717, 1.165) is 5.56 Å². The first-order valence-electron chi connectivity index (χ1n) is 8.93. The smallest absolute Gasteiger partial charge is 0.267 e. The number of carbonyl (C=O) groups is 1. The van der Waals surface area contributed by atoms with Crippen LogP contribution in [0.5, 0.6) is 5.75 Å². The number of halogens is 1. The van der Waals surface area contributed by atoms with E-state index in [0.29, 0.717) is 42.8 Å². The molecule has 2 aromatic carbocycles. The molecule has 0 fully saturated rings. The number of benzene rings is 2. The summed E-state index contributed by atoms with van der Waals surface area (Å²) in [7, 11) is 1.59. The zero-order valence-corrected chi connectivity index (χ0v) is 15.5. The highest BCUT2D eigenvalue weighted by Gasteiger charge is 2.42. The topological polar surface area (TPSA) is 59.9 Å². The summed E-state index contributed by atoms with van der Waals surface area (Å²) in [5.74, 6) is 0.240. The van der Waals surface area contributed by atoms with Gasteiger partial charge in [0.1, 0.15) is 11.6 Å². The number of methoxy groups -OCH3 is 1. The lowest BCUT2D eigenvalue weighted by Crippen LogP contribution is -2.45. The molecule has 142 valence electrons. The third kappa shape index (κ3) is 4.27. The predicted octanol–water partition coefficient (Wildman–Crippen LogP) is 3.47. The molecule has 1 N–H and O–H groups in total. The summed E-state index contributed by atoms with van der Waals surface area (Å²) in [6, 6.07) is 14.2. The average molecular weight is 370 g/mol. The van der Waals surface area contributed by atoms with Crippen molar-refractivity contribution in [3.63, 3.8) is 0 Å². The number of ether oxygens (including phenoxy) is 1. The first-order valence-corrected chi connectivity index (χ1v) is 8.93. The molecule has 1 amide bonds. The van der Waals surface area contributed by atoms with Gasteiger partial charge in [0, 0.05) is 18.5 Å². The summed E-state index contributed by atoms with van der Waals surface area (Å²) >= 11 is 0. The SMILES string of the molecule is COc1ccccc1C1=NO[C@](C)(C(=O)NCCCc2ccccc2F)C1. The quantitative estimate of drug-likeness (QED) is 0.760. The van der Waals surface area contributed by atoms with Gasteiger partial charge < -0.3 is 14.9 Å². The van der Waals surface area contributed by atoms with Gasteiger partial charge in [-0.2, -0.15) is 0 Å². The third-order valence-electron chi connectivity index (χ3n) is 4.63. The average Bonchev–Trinajstić information content (AvgIpc) is 3.09. The van der Waals surface area contributed by atoms with Crippen LogP contribution in [-0.2, 0) is 16.1 Å². The number of hydrogen-bond donors (Lipinski definition) is 1. The van der Waals surface area contributed by atoms with Gasteiger partial charge in [-0.3, -0.25) is 4.79 Å². The Hall–Kier alpha value is -2.89. The van der Waals surface area contributed by atoms with Crippen molar-refractivity contribution >= 4 is 11.6 Å². The Balaban J connectivity index is 1.53. The van der Waals surface area contributed by atoms with E-state index >= 15 is 0 Å². The third-order valence-corrected chi connectivity index (χ3v) is 4.63. The molecule has 0 saturated heterocycles. The Kier molecular flexibility index (Phi) is 5.74. The van der Waals surface area contributed by atoms with Crippen molar-refractivity contribution in [2.75, 3.05) is 13.7 Å². The molecule has 3 rings (SSSR count). The second-order valence-corrected chi connectivity index (χ2v) is 6.69. The maximum Gasteiger partial charge on any atom is 0.267 e. The molecule has 1 aliphatic heterocycles. The van der Waals surface area contributed by atoms with Gasteiger partial charge in [0.2, 0.25) is 5.60 Å². The largest absolute Gasteiger partial charge is 0.496 e. The fraction of sp³-hybridized carbons (Fsp3) is 0.333. The molecule has 1 atom stereocenters. The minimum absolute atomic E-state index is 0.218. The van der Waals surface area contributed by atoms with Gasteiger partial charge in [-0.1, -0.05) is 35.5 Å². The van der Waals surface area contributed by atoms with Crippen molar-refractivity contribution in [1.82, 2.24) is 5.32 Å². The molecule has 5 nitrogen and oxygen atoms in total. The Morgan fingerprint density at radius 3 is 2.78 bits per heavy atom. The van der Waals surface area contributed by atoms with Gasteiger partial charge in [0.15, 0.2) is 0 Å². The van der Waals surface area contributed by atoms with E-state index in [9.17, 15) is 9.18 Å². The number of hydrogen-bond acceptors (Lipinski definition) is 4. The minimum Gasteiger partial charge on any atom is -0.496 e. The van der Waals surface area contributed by atoms with Crippen molar-refractivity contribution in [3.05, 3.63) is 65.5 Å². The van der Waals surface area contributed by atoms with Gasteiger partial charge in [-0.25, -0.2) is 4.39 Å². The molecule has 0 spiro atoms. The van der Waals surface area contributed by atoms with Crippen molar-refractivity contribution in [1.29, 1.82) is 0 Å². The van der Waals surface area contributed by atoms with Crippen LogP contribution in [0.3, 0.4) is 0 Å². The summed E-state index contributed by atoms with van der Waals surface area (Å²) in [4.78, 5) is 18.0. The maximum absolute atomic E-state index is 13.6. The van der Waals surface area contributed by atoms with E-state index < -0.39 is 5.60 Å². The number of oxime groups is 1. The van der Waals surface area contributed by atoms with E-state index in [2.05, 4.69) is 10.5 Å². The van der Waals surface area contributed by atoms with Crippen LogP contribution in [0.25, 0.3) is 0 Å². The first-order chi connectivity index (χ1) is 13.0. The van der Waals surface area contributed by atoms with Crippen molar-refractivity contribution in [2.24, 2.45) is 5.16 Å². The van der Waals surface area contributed by atoms with Crippen LogP contribution in [-0.4, -0.2) is 30.9 Å². The molecular weight excluding hydrogens is 347 g/mol. The van der Waals surface area contributed by atoms with Crippen LogP contribution in [0.1, 0.15) is 30.9 Å². The van der Waals surface area contributed by atoms with Crippen LogP contribution in [0, 0.1) is 5.82 Å². The van der Waals surface area contributed by atoms with E-state index in [4.69, 9.17) is 9.57 Å². The summed E-state index contributed by atoms with van der Waals surface area (Å²) in [5.41, 5.74) is 1.08. The molecule has 0 aliphatic carbocycles.